The molecule has 0 atom stereocenters. The van der Waals surface area contributed by atoms with Crippen molar-refractivity contribution in [2.24, 2.45) is 0 Å². The van der Waals surface area contributed by atoms with E-state index >= 15 is 0 Å². The van der Waals surface area contributed by atoms with E-state index in [0.717, 1.165) is 75.6 Å². The Morgan fingerprint density at radius 1 is 1.03 bits per heavy atom. The van der Waals surface area contributed by atoms with Crippen LogP contribution >= 0.6 is 0 Å². The molecule has 4 heterocycles. The molecular formula is C31H43N7. The summed E-state index contributed by atoms with van der Waals surface area (Å²) in [4.78, 5) is 14.0. The van der Waals surface area contributed by atoms with E-state index in [-0.39, 0.29) is 0 Å². The first kappa shape index (κ1) is 27.6. The molecular weight excluding hydrogens is 470 g/mol. The minimum absolute atomic E-state index is 0.781. The van der Waals surface area contributed by atoms with Gasteiger partial charge in [-0.25, -0.2) is 4.98 Å². The number of benzene rings is 1. The van der Waals surface area contributed by atoms with Gasteiger partial charge in [0.1, 0.15) is 5.82 Å². The van der Waals surface area contributed by atoms with Gasteiger partial charge in [-0.3, -0.25) is 4.98 Å². The molecule has 0 aliphatic carbocycles. The predicted octanol–water partition coefficient (Wildman–Crippen LogP) is 4.34. The first-order valence-corrected chi connectivity index (χ1v) is 14.0. The van der Waals surface area contributed by atoms with E-state index < -0.39 is 0 Å². The highest BCUT2D eigenvalue weighted by molar-refractivity contribution is 5.93. The fourth-order valence-electron chi connectivity index (χ4n) is 4.83. The van der Waals surface area contributed by atoms with Crippen LogP contribution in [0.15, 0.2) is 66.8 Å². The molecule has 0 bridgehead atoms. The number of piperazine rings is 1. The van der Waals surface area contributed by atoms with Gasteiger partial charge in [0.2, 0.25) is 0 Å². The van der Waals surface area contributed by atoms with E-state index in [1.54, 1.807) is 0 Å². The lowest BCUT2D eigenvalue weighted by Gasteiger charge is -2.33. The molecule has 2 aliphatic heterocycles. The number of nitrogens with one attached hydrogen (secondary N) is 3. The molecule has 1 aromatic carbocycles. The second-order valence-electron chi connectivity index (χ2n) is 9.86. The van der Waals surface area contributed by atoms with Gasteiger partial charge in [-0.05, 0) is 74.5 Å². The van der Waals surface area contributed by atoms with Crippen LogP contribution in [0.3, 0.4) is 0 Å². The summed E-state index contributed by atoms with van der Waals surface area (Å²) in [5.41, 5.74) is 6.88. The van der Waals surface area contributed by atoms with Gasteiger partial charge in [-0.1, -0.05) is 38.1 Å². The average molecular weight is 514 g/mol. The van der Waals surface area contributed by atoms with Gasteiger partial charge in [0, 0.05) is 62.7 Å². The number of rotatable bonds is 9. The Morgan fingerprint density at radius 2 is 1.87 bits per heavy atom. The number of hydrogen-bond acceptors (Lipinski definition) is 7. The van der Waals surface area contributed by atoms with Gasteiger partial charge in [-0.15, -0.1) is 0 Å². The maximum Gasteiger partial charge on any atom is 0.102 e. The Labute approximate surface area is 228 Å². The third kappa shape index (κ3) is 7.33. The van der Waals surface area contributed by atoms with Crippen LogP contribution in [0.2, 0.25) is 0 Å². The molecule has 2 aliphatic rings. The molecule has 7 nitrogen and oxygen atoms in total. The molecule has 5 rings (SSSR count). The fraction of sp³-hybridized carbons (Fsp3) is 0.419. The molecule has 38 heavy (non-hydrogen) atoms. The number of aromatic nitrogens is 2. The summed E-state index contributed by atoms with van der Waals surface area (Å²) in [6.07, 6.45) is 10.1. The SMILES string of the molecule is CC.CN(C)CCCNc1cc(C2=CC=C(N3CCNCC3)NC2)nc2cc(Cc3cccnc3)ccc12. The maximum atomic E-state index is 5.13. The zero-order valence-electron chi connectivity index (χ0n) is 23.4. The Bertz CT molecular complexity index is 1230. The van der Waals surface area contributed by atoms with Gasteiger partial charge < -0.3 is 25.8 Å². The Kier molecular flexibility index (Phi) is 10.1. The van der Waals surface area contributed by atoms with Crippen LogP contribution in [-0.4, -0.2) is 79.7 Å². The number of dihydropyridines is 1. The lowest BCUT2D eigenvalue weighted by Crippen LogP contribution is -2.46. The predicted molar refractivity (Wildman–Crippen MR) is 160 cm³/mol. The van der Waals surface area contributed by atoms with Crippen molar-refractivity contribution in [3.8, 4) is 0 Å². The molecule has 3 aromatic rings. The van der Waals surface area contributed by atoms with E-state index in [1.807, 2.05) is 32.3 Å². The van der Waals surface area contributed by atoms with E-state index in [4.69, 9.17) is 4.98 Å². The van der Waals surface area contributed by atoms with Crippen LogP contribution in [-0.2, 0) is 6.42 Å². The molecule has 7 heteroatoms. The summed E-state index contributed by atoms with van der Waals surface area (Å²) in [7, 11) is 4.24. The van der Waals surface area contributed by atoms with Crippen molar-refractivity contribution in [3.05, 3.63) is 83.6 Å². The van der Waals surface area contributed by atoms with Crippen molar-refractivity contribution in [2.75, 3.05) is 65.2 Å². The first-order valence-electron chi connectivity index (χ1n) is 14.0. The second-order valence-corrected chi connectivity index (χ2v) is 9.86. The number of nitrogens with zero attached hydrogens (tertiary/aromatic N) is 4. The highest BCUT2D eigenvalue weighted by Gasteiger charge is 2.17. The summed E-state index contributed by atoms with van der Waals surface area (Å²) >= 11 is 0. The van der Waals surface area contributed by atoms with Crippen molar-refractivity contribution in [1.82, 2.24) is 30.4 Å². The molecule has 202 valence electrons. The van der Waals surface area contributed by atoms with Gasteiger partial charge in [-0.2, -0.15) is 0 Å². The van der Waals surface area contributed by atoms with Crippen LogP contribution in [0.1, 0.15) is 37.1 Å². The first-order chi connectivity index (χ1) is 18.7. The Morgan fingerprint density at radius 3 is 2.58 bits per heavy atom. The zero-order chi connectivity index (χ0) is 26.7. The van der Waals surface area contributed by atoms with Crippen LogP contribution in [0.5, 0.6) is 0 Å². The van der Waals surface area contributed by atoms with E-state index in [1.165, 1.54) is 27.9 Å². The summed E-state index contributed by atoms with van der Waals surface area (Å²) in [5, 5.41) is 11.9. The van der Waals surface area contributed by atoms with E-state index in [2.05, 4.69) is 87.3 Å². The molecule has 1 saturated heterocycles. The van der Waals surface area contributed by atoms with Gasteiger partial charge in [0.15, 0.2) is 0 Å². The van der Waals surface area contributed by atoms with E-state index in [0.29, 0.717) is 0 Å². The van der Waals surface area contributed by atoms with Crippen molar-refractivity contribution in [3.63, 3.8) is 0 Å². The van der Waals surface area contributed by atoms with Crippen LogP contribution in [0.4, 0.5) is 5.69 Å². The Hall–Kier alpha value is -3.42. The molecule has 0 saturated carbocycles. The Balaban J connectivity index is 0.00000164. The van der Waals surface area contributed by atoms with Crippen LogP contribution in [0, 0.1) is 0 Å². The van der Waals surface area contributed by atoms with Crippen molar-refractivity contribution in [1.29, 1.82) is 0 Å². The normalized spacial score (nSPS) is 15.3. The number of allylic oxidation sites excluding steroid dienone is 2. The lowest BCUT2D eigenvalue weighted by molar-refractivity contribution is 0.282. The van der Waals surface area contributed by atoms with Crippen molar-refractivity contribution in [2.45, 2.75) is 26.7 Å². The highest BCUT2D eigenvalue weighted by atomic mass is 15.3. The quantitative estimate of drug-likeness (QED) is 0.368. The number of anilines is 1. The smallest absolute Gasteiger partial charge is 0.102 e. The topological polar surface area (TPSA) is 68.3 Å². The molecule has 2 aromatic heterocycles. The standard InChI is InChI=1S/C29H37N7.C2H6/c1-35(2)14-4-11-32-27-19-26(24-7-9-29(33-21-24)36-15-12-30-13-16-36)34-28-18-22(6-8-25(27)28)17-23-5-3-10-31-20-23;1-2/h3,5-10,18-20,30,33H,4,11-17,21H2,1-2H3,(H,32,34);1-2H3. The summed E-state index contributed by atoms with van der Waals surface area (Å²) < 4.78 is 0. The van der Waals surface area contributed by atoms with Gasteiger partial charge >= 0.3 is 0 Å². The molecule has 0 radical (unpaired) electrons. The highest BCUT2D eigenvalue weighted by Crippen LogP contribution is 2.29. The number of pyridine rings is 2. The third-order valence-corrected chi connectivity index (χ3v) is 6.79. The molecule has 3 N–H and O–H groups in total. The number of hydrogen-bond donors (Lipinski definition) is 3. The maximum absolute atomic E-state index is 5.13. The summed E-state index contributed by atoms with van der Waals surface area (Å²) in [5.74, 6) is 1.21. The zero-order valence-corrected chi connectivity index (χ0v) is 23.4. The molecule has 0 unspecified atom stereocenters. The largest absolute Gasteiger partial charge is 0.384 e. The van der Waals surface area contributed by atoms with Crippen molar-refractivity contribution >= 4 is 22.2 Å². The third-order valence-electron chi connectivity index (χ3n) is 6.79. The monoisotopic (exact) mass is 513 g/mol. The average Bonchev–Trinajstić information content (AvgIpc) is 2.97. The molecule has 0 spiro atoms. The van der Waals surface area contributed by atoms with Crippen molar-refractivity contribution < 1.29 is 0 Å². The lowest BCUT2D eigenvalue weighted by atomic mass is 10.0. The summed E-state index contributed by atoms with van der Waals surface area (Å²) in [6, 6.07) is 13.0. The molecule has 1 fully saturated rings. The van der Waals surface area contributed by atoms with Gasteiger partial charge in [0.05, 0.1) is 11.2 Å². The van der Waals surface area contributed by atoms with Crippen LogP contribution < -0.4 is 16.0 Å². The minimum atomic E-state index is 0.781. The van der Waals surface area contributed by atoms with E-state index in [9.17, 15) is 0 Å². The second kappa shape index (κ2) is 13.9. The van der Waals surface area contributed by atoms with Gasteiger partial charge in [0.25, 0.3) is 0 Å². The molecule has 0 amide bonds. The fourth-order valence-corrected chi connectivity index (χ4v) is 4.83. The number of fused-ring (bicyclic) bond motifs is 1. The minimum Gasteiger partial charge on any atom is -0.384 e. The summed E-state index contributed by atoms with van der Waals surface area (Å²) in [6.45, 7) is 10.9. The van der Waals surface area contributed by atoms with Crippen LogP contribution in [0.25, 0.3) is 16.5 Å².